The van der Waals surface area contributed by atoms with E-state index in [4.69, 9.17) is 4.74 Å². The molecule has 0 saturated heterocycles. The van der Waals surface area contributed by atoms with Crippen LogP contribution < -0.4 is 5.32 Å². The Bertz CT molecular complexity index is 838. The molecule has 0 aromatic carbocycles. The summed E-state index contributed by atoms with van der Waals surface area (Å²) in [5.41, 5.74) is 1.90. The van der Waals surface area contributed by atoms with Crippen molar-refractivity contribution in [1.29, 1.82) is 0 Å². The highest BCUT2D eigenvalue weighted by Crippen LogP contribution is 2.66. The van der Waals surface area contributed by atoms with Crippen LogP contribution in [0.1, 0.15) is 79.1 Å². The van der Waals surface area contributed by atoms with E-state index in [2.05, 4.69) is 31.3 Å². The van der Waals surface area contributed by atoms with Crippen LogP contribution in [0.2, 0.25) is 0 Å². The van der Waals surface area contributed by atoms with Crippen LogP contribution in [0.25, 0.3) is 0 Å². The van der Waals surface area contributed by atoms with E-state index in [9.17, 15) is 15.0 Å². The molecule has 0 aromatic rings. The molecule has 0 spiro atoms. The molecule has 192 valence electrons. The van der Waals surface area contributed by atoms with Crippen molar-refractivity contribution in [2.24, 2.45) is 22.7 Å². The molecule has 6 heteroatoms. The number of fused-ring (bicyclic) bond motifs is 5. The first kappa shape index (κ1) is 25.7. The molecule has 6 unspecified atom stereocenters. The van der Waals surface area contributed by atoms with Crippen LogP contribution in [0.15, 0.2) is 23.3 Å². The molecule has 4 aliphatic rings. The molecule has 6 atom stereocenters. The number of carbonyl (C=O) groups is 1. The summed E-state index contributed by atoms with van der Waals surface area (Å²) in [5, 5.41) is 25.4. The third-order valence-corrected chi connectivity index (χ3v) is 9.80. The van der Waals surface area contributed by atoms with Crippen molar-refractivity contribution in [2.75, 3.05) is 26.8 Å². The third-order valence-electron chi connectivity index (χ3n) is 9.80. The Hall–Kier alpha value is -1.37. The van der Waals surface area contributed by atoms with Crippen molar-refractivity contribution in [1.82, 2.24) is 10.2 Å². The van der Waals surface area contributed by atoms with Gasteiger partial charge in [0.2, 0.25) is 0 Å². The molecule has 3 fully saturated rings. The highest BCUT2D eigenvalue weighted by Gasteiger charge is 2.62. The van der Waals surface area contributed by atoms with Gasteiger partial charge in [-0.1, -0.05) is 37.1 Å². The van der Waals surface area contributed by atoms with Gasteiger partial charge < -0.3 is 25.2 Å². The van der Waals surface area contributed by atoms with Gasteiger partial charge in [-0.3, -0.25) is 0 Å². The van der Waals surface area contributed by atoms with Gasteiger partial charge in [-0.15, -0.1) is 0 Å². The minimum Gasteiger partial charge on any atom is -0.393 e. The number of urea groups is 1. The number of rotatable bonds is 7. The summed E-state index contributed by atoms with van der Waals surface area (Å²) in [6, 6.07) is -0.0458. The minimum absolute atomic E-state index is 0.0533. The van der Waals surface area contributed by atoms with Gasteiger partial charge in [0.05, 0.1) is 18.2 Å². The second-order valence-corrected chi connectivity index (χ2v) is 12.2. The van der Waals surface area contributed by atoms with Gasteiger partial charge in [-0.2, -0.15) is 0 Å². The first-order chi connectivity index (χ1) is 16.0. The molecule has 3 N–H and O–H groups in total. The fourth-order valence-corrected chi connectivity index (χ4v) is 7.66. The van der Waals surface area contributed by atoms with E-state index in [0.717, 1.165) is 51.4 Å². The fourth-order valence-electron chi connectivity index (χ4n) is 7.66. The van der Waals surface area contributed by atoms with E-state index < -0.39 is 5.60 Å². The summed E-state index contributed by atoms with van der Waals surface area (Å²) in [6.45, 7) is 10.1. The molecule has 0 aromatic heterocycles. The Morgan fingerprint density at radius 3 is 2.62 bits per heavy atom. The Balaban J connectivity index is 1.57. The first-order valence-corrected chi connectivity index (χ1v) is 13.4. The number of hydrogen-bond acceptors (Lipinski definition) is 4. The number of nitrogens with one attached hydrogen (secondary N) is 1. The maximum Gasteiger partial charge on any atom is 0.317 e. The molecule has 0 heterocycles. The molecule has 2 amide bonds. The highest BCUT2D eigenvalue weighted by atomic mass is 16.5. The Kier molecular flexibility index (Phi) is 7.25. The number of methoxy groups -OCH3 is 1. The predicted octanol–water partition coefficient (Wildman–Crippen LogP) is 4.42. The molecular formula is C28H46N2O4. The molecule has 4 rings (SSSR count). The second kappa shape index (κ2) is 9.59. The summed E-state index contributed by atoms with van der Waals surface area (Å²) in [5.74, 6) is 0.842. The summed E-state index contributed by atoms with van der Waals surface area (Å²) in [7, 11) is 1.68. The monoisotopic (exact) mass is 474 g/mol. The van der Waals surface area contributed by atoms with Crippen molar-refractivity contribution < 1.29 is 19.7 Å². The minimum atomic E-state index is -0.904. The molecule has 0 aliphatic heterocycles. The normalized spacial score (nSPS) is 39.0. The number of aliphatic hydroxyl groups excluding tert-OH is 1. The van der Waals surface area contributed by atoms with E-state index in [1.807, 2.05) is 18.7 Å². The van der Waals surface area contributed by atoms with E-state index in [0.29, 0.717) is 31.5 Å². The number of carbonyl (C=O) groups excluding carboxylic acids is 1. The Labute approximate surface area is 205 Å². The van der Waals surface area contributed by atoms with Crippen LogP contribution in [0, 0.1) is 22.7 Å². The number of ether oxygens (including phenoxy) is 1. The quantitative estimate of drug-likeness (QED) is 0.477. The molecule has 0 bridgehead atoms. The first-order valence-electron chi connectivity index (χ1n) is 13.4. The maximum absolute atomic E-state index is 13.0. The van der Waals surface area contributed by atoms with Crippen LogP contribution >= 0.6 is 0 Å². The standard InChI is InChI=1S/C28H46N2O4/c1-19(2)29-25(32)30(15-6-16-34-5)18-28(33)14-11-24-22-8-7-20-17-21(31)9-12-26(20,3)23(22)10-13-27(24,28)4/h7-8,19,21,23-24,31,33H,6,9-18H2,1-5H3,(H,29,32). The maximum atomic E-state index is 13.0. The van der Waals surface area contributed by atoms with Gasteiger partial charge in [0.15, 0.2) is 0 Å². The summed E-state index contributed by atoms with van der Waals surface area (Å²) < 4.78 is 5.22. The van der Waals surface area contributed by atoms with Crippen LogP contribution in [-0.2, 0) is 4.74 Å². The lowest BCUT2D eigenvalue weighted by Gasteiger charge is -2.56. The average molecular weight is 475 g/mol. The topological polar surface area (TPSA) is 82.0 Å². The van der Waals surface area contributed by atoms with E-state index in [1.54, 1.807) is 7.11 Å². The lowest BCUT2D eigenvalue weighted by Crippen LogP contribution is -2.58. The molecule has 4 aliphatic carbocycles. The molecule has 6 nitrogen and oxygen atoms in total. The second-order valence-electron chi connectivity index (χ2n) is 12.2. The predicted molar refractivity (Wildman–Crippen MR) is 134 cm³/mol. The van der Waals surface area contributed by atoms with Crippen LogP contribution in [-0.4, -0.2) is 65.7 Å². The van der Waals surface area contributed by atoms with Crippen molar-refractivity contribution in [2.45, 2.75) is 96.8 Å². The zero-order chi connectivity index (χ0) is 24.7. The van der Waals surface area contributed by atoms with Crippen LogP contribution in [0.3, 0.4) is 0 Å². The fraction of sp³-hybridized carbons (Fsp3) is 0.821. The van der Waals surface area contributed by atoms with Crippen molar-refractivity contribution >= 4 is 6.03 Å². The number of nitrogens with zero attached hydrogens (tertiary/aromatic N) is 1. The largest absolute Gasteiger partial charge is 0.393 e. The van der Waals surface area contributed by atoms with Gasteiger partial charge in [0.1, 0.15) is 0 Å². The lowest BCUT2D eigenvalue weighted by atomic mass is 9.50. The summed E-state index contributed by atoms with van der Waals surface area (Å²) in [4.78, 5) is 14.8. The number of aliphatic hydroxyl groups is 2. The Morgan fingerprint density at radius 1 is 1.18 bits per heavy atom. The summed E-state index contributed by atoms with van der Waals surface area (Å²) >= 11 is 0. The molecular weight excluding hydrogens is 428 g/mol. The number of amides is 2. The van der Waals surface area contributed by atoms with Crippen molar-refractivity contribution in [3.8, 4) is 0 Å². The Morgan fingerprint density at radius 2 is 1.91 bits per heavy atom. The lowest BCUT2D eigenvalue weighted by molar-refractivity contribution is -0.0967. The van der Waals surface area contributed by atoms with Gasteiger partial charge in [0, 0.05) is 31.7 Å². The van der Waals surface area contributed by atoms with E-state index >= 15 is 0 Å². The number of hydrogen-bond donors (Lipinski definition) is 3. The van der Waals surface area contributed by atoms with Gasteiger partial charge in [0.25, 0.3) is 0 Å². The highest BCUT2D eigenvalue weighted by molar-refractivity contribution is 5.74. The zero-order valence-electron chi connectivity index (χ0n) is 21.9. The van der Waals surface area contributed by atoms with Crippen LogP contribution in [0.5, 0.6) is 0 Å². The zero-order valence-corrected chi connectivity index (χ0v) is 21.9. The average Bonchev–Trinajstić information content (AvgIpc) is 3.04. The molecule has 34 heavy (non-hydrogen) atoms. The molecule has 0 radical (unpaired) electrons. The summed E-state index contributed by atoms with van der Waals surface area (Å²) in [6.07, 6.45) is 11.6. The smallest absolute Gasteiger partial charge is 0.317 e. The van der Waals surface area contributed by atoms with Gasteiger partial charge >= 0.3 is 6.03 Å². The van der Waals surface area contributed by atoms with Crippen molar-refractivity contribution in [3.05, 3.63) is 23.3 Å². The van der Waals surface area contributed by atoms with Crippen LogP contribution in [0.4, 0.5) is 4.79 Å². The molecule has 3 saturated carbocycles. The van der Waals surface area contributed by atoms with Gasteiger partial charge in [-0.05, 0) is 82.5 Å². The van der Waals surface area contributed by atoms with E-state index in [-0.39, 0.29) is 29.0 Å². The third kappa shape index (κ3) is 4.35. The number of allylic oxidation sites excluding steroid dienone is 3. The van der Waals surface area contributed by atoms with Crippen molar-refractivity contribution in [3.63, 3.8) is 0 Å². The van der Waals surface area contributed by atoms with Gasteiger partial charge in [-0.25, -0.2) is 4.79 Å². The SMILES string of the molecule is COCCCN(CC1(O)CCC2C3=CC=C4CC(O)CCC4(C)C3CCC21C)C(=O)NC(C)C. The van der Waals surface area contributed by atoms with E-state index in [1.165, 1.54) is 11.1 Å².